The average Bonchev–Trinajstić information content (AvgIpc) is 3.16. The number of rotatable bonds is 6. The smallest absolute Gasteiger partial charge is 0.244 e. The summed E-state index contributed by atoms with van der Waals surface area (Å²) in [7, 11) is 1.58. The molecule has 1 fully saturated rings. The molecule has 0 spiro atoms. The molecule has 0 unspecified atom stereocenters. The van der Waals surface area contributed by atoms with Crippen molar-refractivity contribution in [1.82, 2.24) is 5.43 Å². The van der Waals surface area contributed by atoms with Gasteiger partial charge in [-0.3, -0.25) is 4.79 Å². The molecule has 0 atom stereocenters. The molecule has 2 aromatic rings. The molecule has 1 amide bonds. The second kappa shape index (κ2) is 8.47. The van der Waals surface area contributed by atoms with Gasteiger partial charge >= 0.3 is 0 Å². The number of carbonyl (C=O) groups excluding carboxylic acids is 1. The Kier molecular flexibility index (Phi) is 5.84. The van der Waals surface area contributed by atoms with Crippen molar-refractivity contribution in [3.05, 3.63) is 59.4 Å². The van der Waals surface area contributed by atoms with Gasteiger partial charge in [-0.1, -0.05) is 18.2 Å². The largest absolute Gasteiger partial charge is 0.497 e. The van der Waals surface area contributed by atoms with E-state index in [1.54, 1.807) is 25.3 Å². The van der Waals surface area contributed by atoms with Crippen LogP contribution in [0.25, 0.3) is 0 Å². The maximum absolute atomic E-state index is 14.2. The molecule has 0 aliphatic carbocycles. The first-order chi connectivity index (χ1) is 12.7. The molecule has 1 saturated heterocycles. The van der Waals surface area contributed by atoms with E-state index in [1.165, 1.54) is 12.3 Å². The molecular formula is C20H22FN3O2. The van der Waals surface area contributed by atoms with Crippen molar-refractivity contribution < 1.29 is 13.9 Å². The van der Waals surface area contributed by atoms with Crippen molar-refractivity contribution in [3.8, 4) is 5.75 Å². The third-order valence-corrected chi connectivity index (χ3v) is 4.32. The van der Waals surface area contributed by atoms with Crippen LogP contribution in [-0.4, -0.2) is 32.3 Å². The van der Waals surface area contributed by atoms with Crippen LogP contribution in [0.2, 0.25) is 0 Å². The second-order valence-electron chi connectivity index (χ2n) is 6.23. The van der Waals surface area contributed by atoms with Gasteiger partial charge in [0.15, 0.2) is 0 Å². The fraction of sp³-hybridized carbons (Fsp3) is 0.300. The summed E-state index contributed by atoms with van der Waals surface area (Å²) in [4.78, 5) is 14.0. The number of anilines is 1. The Labute approximate surface area is 152 Å². The van der Waals surface area contributed by atoms with E-state index in [0.717, 1.165) is 31.5 Å². The molecule has 1 heterocycles. The van der Waals surface area contributed by atoms with Crippen LogP contribution in [0, 0.1) is 5.82 Å². The average molecular weight is 355 g/mol. The van der Waals surface area contributed by atoms with E-state index in [0.29, 0.717) is 17.0 Å². The van der Waals surface area contributed by atoms with Crippen molar-refractivity contribution >= 4 is 17.8 Å². The van der Waals surface area contributed by atoms with Crippen LogP contribution in [0.4, 0.5) is 10.1 Å². The number of methoxy groups -OCH3 is 1. The Hall–Kier alpha value is -2.89. The maximum Gasteiger partial charge on any atom is 0.244 e. The Morgan fingerprint density at radius 1 is 1.27 bits per heavy atom. The lowest BCUT2D eigenvalue weighted by atomic mass is 10.1. The zero-order valence-corrected chi connectivity index (χ0v) is 14.7. The zero-order chi connectivity index (χ0) is 18.4. The van der Waals surface area contributed by atoms with E-state index in [1.807, 2.05) is 23.1 Å². The van der Waals surface area contributed by atoms with Gasteiger partial charge in [-0.15, -0.1) is 0 Å². The van der Waals surface area contributed by atoms with Crippen molar-refractivity contribution in [2.24, 2.45) is 5.10 Å². The lowest BCUT2D eigenvalue weighted by molar-refractivity contribution is -0.120. The van der Waals surface area contributed by atoms with Gasteiger partial charge in [0, 0.05) is 13.1 Å². The maximum atomic E-state index is 14.2. The van der Waals surface area contributed by atoms with E-state index >= 15 is 0 Å². The van der Waals surface area contributed by atoms with E-state index < -0.39 is 0 Å². The van der Waals surface area contributed by atoms with Crippen LogP contribution < -0.4 is 15.1 Å². The van der Waals surface area contributed by atoms with Crippen molar-refractivity contribution in [2.75, 3.05) is 25.1 Å². The highest BCUT2D eigenvalue weighted by atomic mass is 19.1. The number of halogens is 1. The summed E-state index contributed by atoms with van der Waals surface area (Å²) in [6.45, 7) is 1.79. The van der Waals surface area contributed by atoms with Crippen LogP contribution in [-0.2, 0) is 11.2 Å². The van der Waals surface area contributed by atoms with Crippen LogP contribution >= 0.6 is 0 Å². The van der Waals surface area contributed by atoms with Gasteiger partial charge in [0.25, 0.3) is 0 Å². The van der Waals surface area contributed by atoms with Crippen LogP contribution in [0.1, 0.15) is 24.0 Å². The predicted molar refractivity (Wildman–Crippen MR) is 100 cm³/mol. The van der Waals surface area contributed by atoms with Gasteiger partial charge in [-0.2, -0.15) is 5.10 Å². The second-order valence-corrected chi connectivity index (χ2v) is 6.23. The number of benzene rings is 2. The van der Waals surface area contributed by atoms with Gasteiger partial charge in [-0.05, 0) is 48.2 Å². The summed E-state index contributed by atoms with van der Waals surface area (Å²) in [5.74, 6) is 0.189. The summed E-state index contributed by atoms with van der Waals surface area (Å²) >= 11 is 0. The molecule has 1 aliphatic heterocycles. The number of hydrazone groups is 1. The summed E-state index contributed by atoms with van der Waals surface area (Å²) in [5, 5.41) is 3.91. The minimum absolute atomic E-state index is 0.191. The normalized spacial score (nSPS) is 14.0. The van der Waals surface area contributed by atoms with Crippen molar-refractivity contribution in [2.45, 2.75) is 19.3 Å². The highest BCUT2D eigenvalue weighted by molar-refractivity contribution is 5.83. The lowest BCUT2D eigenvalue weighted by Crippen LogP contribution is -2.20. The fourth-order valence-electron chi connectivity index (χ4n) is 3.00. The lowest BCUT2D eigenvalue weighted by Gasteiger charge is -2.18. The molecule has 2 aromatic carbocycles. The summed E-state index contributed by atoms with van der Waals surface area (Å²) in [6, 6.07) is 12.3. The first kappa shape index (κ1) is 17.9. The Morgan fingerprint density at radius 2 is 2.08 bits per heavy atom. The number of carbonyl (C=O) groups is 1. The minimum atomic E-state index is -0.265. The molecule has 136 valence electrons. The van der Waals surface area contributed by atoms with E-state index in [-0.39, 0.29) is 18.1 Å². The first-order valence-electron chi connectivity index (χ1n) is 8.65. The Balaban J connectivity index is 1.56. The highest BCUT2D eigenvalue weighted by Gasteiger charge is 2.15. The number of amides is 1. The van der Waals surface area contributed by atoms with Crippen molar-refractivity contribution in [1.29, 1.82) is 0 Å². The molecule has 26 heavy (non-hydrogen) atoms. The van der Waals surface area contributed by atoms with E-state index in [4.69, 9.17) is 4.74 Å². The van der Waals surface area contributed by atoms with Crippen LogP contribution in [0.3, 0.4) is 0 Å². The molecular weight excluding hydrogens is 333 g/mol. The predicted octanol–water partition coefficient (Wildman–Crippen LogP) is 3.13. The number of hydrogen-bond donors (Lipinski definition) is 1. The molecule has 3 rings (SSSR count). The quantitative estimate of drug-likeness (QED) is 0.640. The van der Waals surface area contributed by atoms with Gasteiger partial charge < -0.3 is 9.64 Å². The summed E-state index contributed by atoms with van der Waals surface area (Å²) < 4.78 is 19.4. The molecule has 1 N–H and O–H groups in total. The number of nitrogens with zero attached hydrogens (tertiary/aromatic N) is 2. The fourth-order valence-corrected chi connectivity index (χ4v) is 3.00. The van der Waals surface area contributed by atoms with Crippen LogP contribution in [0.5, 0.6) is 5.75 Å². The third-order valence-electron chi connectivity index (χ3n) is 4.32. The van der Waals surface area contributed by atoms with E-state index in [9.17, 15) is 9.18 Å². The Morgan fingerprint density at radius 3 is 2.81 bits per heavy atom. The SMILES string of the molecule is COc1cccc(CC(=O)N/N=C/c2ccc(N3CCCC3)c(F)c2)c1. The minimum Gasteiger partial charge on any atom is -0.497 e. The van der Waals surface area contributed by atoms with Gasteiger partial charge in [0.05, 0.1) is 25.4 Å². The van der Waals surface area contributed by atoms with Crippen LogP contribution in [0.15, 0.2) is 47.6 Å². The zero-order valence-electron chi connectivity index (χ0n) is 14.7. The topological polar surface area (TPSA) is 53.9 Å². The van der Waals surface area contributed by atoms with E-state index in [2.05, 4.69) is 10.5 Å². The molecule has 0 bridgehead atoms. The molecule has 0 saturated carbocycles. The molecule has 0 radical (unpaired) electrons. The molecule has 5 nitrogen and oxygen atoms in total. The highest BCUT2D eigenvalue weighted by Crippen LogP contribution is 2.23. The number of hydrogen-bond acceptors (Lipinski definition) is 4. The standard InChI is InChI=1S/C20H22FN3O2/c1-26-17-6-4-5-15(11-17)13-20(25)23-22-14-16-7-8-19(18(21)12-16)24-9-2-3-10-24/h4-8,11-12,14H,2-3,9-10,13H2,1H3,(H,23,25)/b22-14+. The molecule has 0 aromatic heterocycles. The summed E-state index contributed by atoms with van der Waals surface area (Å²) in [5.41, 5.74) is 4.53. The van der Waals surface area contributed by atoms with Gasteiger partial charge in [0.1, 0.15) is 11.6 Å². The first-order valence-corrected chi connectivity index (χ1v) is 8.65. The molecule has 6 heteroatoms. The Bertz CT molecular complexity index is 801. The van der Waals surface area contributed by atoms with Crippen molar-refractivity contribution in [3.63, 3.8) is 0 Å². The van der Waals surface area contributed by atoms with Gasteiger partial charge in [-0.25, -0.2) is 9.82 Å². The third kappa shape index (κ3) is 4.59. The number of ether oxygens (including phenoxy) is 1. The summed E-state index contributed by atoms with van der Waals surface area (Å²) in [6.07, 6.45) is 3.83. The van der Waals surface area contributed by atoms with Gasteiger partial charge in [0.2, 0.25) is 5.91 Å². The number of nitrogens with one attached hydrogen (secondary N) is 1. The molecule has 1 aliphatic rings. The monoisotopic (exact) mass is 355 g/mol.